The SMILES string of the molecule is OC1(Cc2cccc(C(F)(F)F)c2)CC2CCCC(C1)S2. The van der Waals surface area contributed by atoms with Crippen molar-refractivity contribution in [2.75, 3.05) is 0 Å². The molecule has 2 unspecified atom stereocenters. The quantitative estimate of drug-likeness (QED) is 0.871. The first-order chi connectivity index (χ1) is 9.84. The van der Waals surface area contributed by atoms with Crippen LogP contribution in [-0.4, -0.2) is 21.2 Å². The summed E-state index contributed by atoms with van der Waals surface area (Å²) in [5.41, 5.74) is -0.892. The van der Waals surface area contributed by atoms with Crippen molar-refractivity contribution in [1.82, 2.24) is 0 Å². The molecular formula is C16H19F3OS. The van der Waals surface area contributed by atoms with Gasteiger partial charge in [-0.1, -0.05) is 24.6 Å². The molecule has 5 heteroatoms. The Morgan fingerprint density at radius 2 is 1.86 bits per heavy atom. The summed E-state index contributed by atoms with van der Waals surface area (Å²) in [5.74, 6) is 0. The predicted molar refractivity (Wildman–Crippen MR) is 78.3 cm³/mol. The lowest BCUT2D eigenvalue weighted by Gasteiger charge is -2.44. The van der Waals surface area contributed by atoms with Crippen LogP contribution >= 0.6 is 11.8 Å². The smallest absolute Gasteiger partial charge is 0.389 e. The van der Waals surface area contributed by atoms with Crippen LogP contribution in [0, 0.1) is 0 Å². The average Bonchev–Trinajstić information content (AvgIpc) is 2.36. The zero-order valence-corrected chi connectivity index (χ0v) is 12.5. The van der Waals surface area contributed by atoms with Crippen LogP contribution in [0.4, 0.5) is 13.2 Å². The van der Waals surface area contributed by atoms with Crippen molar-refractivity contribution in [2.24, 2.45) is 0 Å². The van der Waals surface area contributed by atoms with Crippen LogP contribution in [0.1, 0.15) is 43.2 Å². The Kier molecular flexibility index (Phi) is 3.99. The van der Waals surface area contributed by atoms with E-state index < -0.39 is 17.3 Å². The van der Waals surface area contributed by atoms with Crippen molar-refractivity contribution in [3.05, 3.63) is 35.4 Å². The third kappa shape index (κ3) is 3.57. The van der Waals surface area contributed by atoms with Gasteiger partial charge in [-0.2, -0.15) is 24.9 Å². The fourth-order valence-corrected chi connectivity index (χ4v) is 5.56. The van der Waals surface area contributed by atoms with Crippen molar-refractivity contribution in [1.29, 1.82) is 0 Å². The number of benzene rings is 1. The van der Waals surface area contributed by atoms with E-state index in [1.54, 1.807) is 6.07 Å². The van der Waals surface area contributed by atoms with Gasteiger partial charge in [0.2, 0.25) is 0 Å². The Morgan fingerprint density at radius 3 is 2.48 bits per heavy atom. The fraction of sp³-hybridized carbons (Fsp3) is 0.625. The lowest BCUT2D eigenvalue weighted by Crippen LogP contribution is -2.44. The minimum absolute atomic E-state index is 0.324. The molecule has 2 atom stereocenters. The van der Waals surface area contributed by atoms with Crippen LogP contribution in [0.3, 0.4) is 0 Å². The highest BCUT2D eigenvalue weighted by molar-refractivity contribution is 8.00. The van der Waals surface area contributed by atoms with Crippen molar-refractivity contribution in [3.8, 4) is 0 Å². The van der Waals surface area contributed by atoms with Crippen molar-refractivity contribution < 1.29 is 18.3 Å². The van der Waals surface area contributed by atoms with E-state index in [-0.39, 0.29) is 0 Å². The number of rotatable bonds is 2. The third-order valence-electron chi connectivity index (χ3n) is 4.44. The van der Waals surface area contributed by atoms with E-state index >= 15 is 0 Å². The topological polar surface area (TPSA) is 20.2 Å². The second-order valence-electron chi connectivity index (χ2n) is 6.32. The molecule has 0 aliphatic carbocycles. The average molecular weight is 316 g/mol. The number of fused-ring (bicyclic) bond motifs is 2. The first-order valence-electron chi connectivity index (χ1n) is 7.38. The molecule has 2 aliphatic rings. The molecular weight excluding hydrogens is 297 g/mol. The molecule has 1 N–H and O–H groups in total. The number of hydrogen-bond donors (Lipinski definition) is 1. The largest absolute Gasteiger partial charge is 0.416 e. The molecule has 0 amide bonds. The summed E-state index contributed by atoms with van der Waals surface area (Å²) in [6, 6.07) is 5.37. The molecule has 21 heavy (non-hydrogen) atoms. The second kappa shape index (κ2) is 5.51. The summed E-state index contributed by atoms with van der Waals surface area (Å²) < 4.78 is 38.3. The maximum Gasteiger partial charge on any atom is 0.416 e. The highest BCUT2D eigenvalue weighted by Gasteiger charge is 2.41. The van der Waals surface area contributed by atoms with E-state index in [1.807, 2.05) is 11.8 Å². The normalized spacial score (nSPS) is 33.0. The highest BCUT2D eigenvalue weighted by Crippen LogP contribution is 2.46. The van der Waals surface area contributed by atoms with Gasteiger partial charge in [0, 0.05) is 16.9 Å². The van der Waals surface area contributed by atoms with Gasteiger partial charge in [0.1, 0.15) is 0 Å². The first kappa shape index (κ1) is 15.2. The molecule has 2 saturated heterocycles. The zero-order chi connectivity index (χ0) is 15.1. The van der Waals surface area contributed by atoms with Gasteiger partial charge in [0.05, 0.1) is 11.2 Å². The molecule has 1 nitrogen and oxygen atoms in total. The van der Waals surface area contributed by atoms with Gasteiger partial charge in [0.15, 0.2) is 0 Å². The molecule has 116 valence electrons. The van der Waals surface area contributed by atoms with Crippen molar-refractivity contribution >= 4 is 11.8 Å². The Hall–Kier alpha value is -0.680. The van der Waals surface area contributed by atoms with E-state index in [9.17, 15) is 18.3 Å². The van der Waals surface area contributed by atoms with Crippen LogP contribution in [0.5, 0.6) is 0 Å². The van der Waals surface area contributed by atoms with Gasteiger partial charge in [-0.3, -0.25) is 0 Å². The summed E-state index contributed by atoms with van der Waals surface area (Å²) in [4.78, 5) is 0. The molecule has 2 heterocycles. The molecule has 0 aromatic heterocycles. The van der Waals surface area contributed by atoms with E-state index in [2.05, 4.69) is 0 Å². The molecule has 2 bridgehead atoms. The maximum absolute atomic E-state index is 12.8. The third-order valence-corrected chi connectivity index (χ3v) is 6.01. The van der Waals surface area contributed by atoms with Crippen LogP contribution < -0.4 is 0 Å². The molecule has 0 radical (unpaired) electrons. The Balaban J connectivity index is 1.76. The van der Waals surface area contributed by atoms with Crippen LogP contribution in [0.25, 0.3) is 0 Å². The molecule has 3 rings (SSSR count). The number of hydrogen-bond acceptors (Lipinski definition) is 2. The minimum Gasteiger partial charge on any atom is -0.389 e. The Bertz CT molecular complexity index is 502. The Labute approximate surface area is 126 Å². The van der Waals surface area contributed by atoms with E-state index in [4.69, 9.17) is 0 Å². The second-order valence-corrected chi connectivity index (χ2v) is 7.92. The van der Waals surface area contributed by atoms with Gasteiger partial charge >= 0.3 is 6.18 Å². The van der Waals surface area contributed by atoms with Gasteiger partial charge < -0.3 is 5.11 Å². The van der Waals surface area contributed by atoms with Crippen LogP contribution in [-0.2, 0) is 12.6 Å². The summed E-state index contributed by atoms with van der Waals surface area (Å²) >= 11 is 1.95. The van der Waals surface area contributed by atoms with Gasteiger partial charge in [-0.25, -0.2) is 0 Å². The van der Waals surface area contributed by atoms with E-state index in [0.29, 0.717) is 35.3 Å². The number of alkyl halides is 3. The first-order valence-corrected chi connectivity index (χ1v) is 8.32. The lowest BCUT2D eigenvalue weighted by atomic mass is 9.81. The standard InChI is InChI=1S/C16H19F3OS/c17-16(18,19)12-4-1-3-11(7-12)8-15(20)9-13-5-2-6-14(10-15)21-13/h1,3-4,7,13-14,20H,2,5-6,8-10H2. The molecule has 1 aromatic carbocycles. The maximum atomic E-state index is 12.8. The molecule has 0 spiro atoms. The summed E-state index contributed by atoms with van der Waals surface area (Å²) in [5, 5.41) is 11.8. The summed E-state index contributed by atoms with van der Waals surface area (Å²) in [7, 11) is 0. The number of aliphatic hydroxyl groups is 1. The molecule has 1 aromatic rings. The van der Waals surface area contributed by atoms with E-state index in [0.717, 1.165) is 18.9 Å². The van der Waals surface area contributed by atoms with Crippen LogP contribution in [0.2, 0.25) is 0 Å². The summed E-state index contributed by atoms with van der Waals surface area (Å²) in [6.45, 7) is 0. The zero-order valence-electron chi connectivity index (χ0n) is 11.7. The molecule has 2 aliphatic heterocycles. The fourth-order valence-electron chi connectivity index (χ4n) is 3.59. The summed E-state index contributed by atoms with van der Waals surface area (Å²) in [6.07, 6.45) is 0.844. The number of thioether (sulfide) groups is 1. The van der Waals surface area contributed by atoms with Gasteiger partial charge in [-0.15, -0.1) is 0 Å². The minimum atomic E-state index is -4.32. The lowest BCUT2D eigenvalue weighted by molar-refractivity contribution is -0.137. The van der Waals surface area contributed by atoms with Gasteiger partial charge in [-0.05, 0) is 37.3 Å². The predicted octanol–water partition coefficient (Wildman–Crippen LogP) is 4.43. The molecule has 2 fully saturated rings. The number of halogens is 3. The van der Waals surface area contributed by atoms with Crippen LogP contribution in [0.15, 0.2) is 24.3 Å². The van der Waals surface area contributed by atoms with E-state index in [1.165, 1.54) is 18.6 Å². The van der Waals surface area contributed by atoms with Crippen molar-refractivity contribution in [3.63, 3.8) is 0 Å². The Morgan fingerprint density at radius 1 is 1.19 bits per heavy atom. The van der Waals surface area contributed by atoms with Gasteiger partial charge in [0.25, 0.3) is 0 Å². The highest BCUT2D eigenvalue weighted by atomic mass is 32.2. The monoisotopic (exact) mass is 316 g/mol. The molecule has 0 saturated carbocycles. The van der Waals surface area contributed by atoms with Crippen molar-refractivity contribution in [2.45, 2.75) is 60.8 Å².